The minimum atomic E-state index is -0.630. The molecule has 15 heavy (non-hydrogen) atoms. The van der Waals surface area contributed by atoms with Crippen LogP contribution in [0.4, 0.5) is 0 Å². The maximum atomic E-state index is 11.3. The van der Waals surface area contributed by atoms with Gasteiger partial charge in [-0.3, -0.25) is 0 Å². The molecule has 0 fully saturated rings. The predicted molar refractivity (Wildman–Crippen MR) is 56.6 cm³/mol. The van der Waals surface area contributed by atoms with E-state index in [0.717, 1.165) is 0 Å². The number of esters is 1. The summed E-state index contributed by atoms with van der Waals surface area (Å²) in [6, 6.07) is 1.98. The van der Waals surface area contributed by atoms with Crippen LogP contribution in [-0.2, 0) is 9.53 Å². The monoisotopic (exact) mass is 211 g/mol. The van der Waals surface area contributed by atoms with Crippen LogP contribution >= 0.6 is 0 Å². The van der Waals surface area contributed by atoms with Gasteiger partial charge < -0.3 is 15.0 Å². The number of methoxy groups -OCH3 is 1. The number of carbonyl (C=O) groups excluding carboxylic acids is 1. The Labute approximate surface area is 90.3 Å². The lowest BCUT2D eigenvalue weighted by Crippen LogP contribution is -2.33. The van der Waals surface area contributed by atoms with E-state index in [1.165, 1.54) is 7.11 Å². The molecule has 0 unspecified atom stereocenters. The molecule has 84 valence electrons. The summed E-state index contributed by atoms with van der Waals surface area (Å²) >= 11 is 0. The van der Waals surface area contributed by atoms with E-state index < -0.39 is 5.97 Å². The van der Waals surface area contributed by atoms with Crippen LogP contribution in [0.3, 0.4) is 0 Å². The average Bonchev–Trinajstić information content (AvgIpc) is 2.16. The van der Waals surface area contributed by atoms with Crippen molar-refractivity contribution in [1.82, 2.24) is 10.2 Å². The van der Waals surface area contributed by atoms with Crippen molar-refractivity contribution in [2.75, 3.05) is 21.2 Å². The second-order valence-corrected chi connectivity index (χ2v) is 3.52. The Bertz CT molecular complexity index is 300. The second-order valence-electron chi connectivity index (χ2n) is 3.52. The number of rotatable bonds is 4. The second kappa shape index (κ2) is 5.91. The summed E-state index contributed by atoms with van der Waals surface area (Å²) < 4.78 is 4.53. The largest absolute Gasteiger partial charge is 0.465 e. The van der Waals surface area contributed by atoms with E-state index >= 15 is 0 Å². The Morgan fingerprint density at radius 2 is 2.00 bits per heavy atom. The molecule has 0 aliphatic rings. The zero-order chi connectivity index (χ0) is 12.0. The molecule has 5 heteroatoms. The van der Waals surface area contributed by atoms with Crippen molar-refractivity contribution in [3.05, 3.63) is 11.4 Å². The highest BCUT2D eigenvalue weighted by molar-refractivity contribution is 5.93. The standard InChI is InChI=1S/C10H17N3O2/c1-7(2)12-9(13(3)4)8(6-11)10(14)15-5/h7,12H,1-5H3/b9-8-. The summed E-state index contributed by atoms with van der Waals surface area (Å²) in [4.78, 5) is 13.0. The summed E-state index contributed by atoms with van der Waals surface area (Å²) in [6.45, 7) is 3.85. The molecule has 0 aromatic rings. The van der Waals surface area contributed by atoms with E-state index in [1.807, 2.05) is 19.9 Å². The van der Waals surface area contributed by atoms with E-state index in [-0.39, 0.29) is 11.6 Å². The van der Waals surface area contributed by atoms with Gasteiger partial charge >= 0.3 is 5.97 Å². The van der Waals surface area contributed by atoms with Crippen LogP contribution in [-0.4, -0.2) is 38.1 Å². The molecule has 0 saturated carbocycles. The van der Waals surface area contributed by atoms with Gasteiger partial charge in [-0.25, -0.2) is 4.79 Å². The number of ether oxygens (including phenoxy) is 1. The molecule has 0 aromatic heterocycles. The third kappa shape index (κ3) is 3.90. The molecule has 0 saturated heterocycles. The Hall–Kier alpha value is -1.70. The molecular weight excluding hydrogens is 194 g/mol. The molecule has 0 aliphatic heterocycles. The van der Waals surface area contributed by atoms with E-state index in [4.69, 9.17) is 5.26 Å². The first-order valence-corrected chi connectivity index (χ1v) is 4.60. The number of nitriles is 1. The smallest absolute Gasteiger partial charge is 0.352 e. The Morgan fingerprint density at radius 1 is 1.47 bits per heavy atom. The third-order valence-corrected chi connectivity index (χ3v) is 1.61. The molecule has 5 nitrogen and oxygen atoms in total. The Balaban J connectivity index is 5.21. The topological polar surface area (TPSA) is 65.4 Å². The normalized spacial score (nSPS) is 11.5. The molecule has 0 aromatic carbocycles. The molecule has 0 spiro atoms. The van der Waals surface area contributed by atoms with E-state index in [1.54, 1.807) is 19.0 Å². The highest BCUT2D eigenvalue weighted by Gasteiger charge is 2.18. The van der Waals surface area contributed by atoms with Gasteiger partial charge in [0.2, 0.25) is 0 Å². The molecule has 1 N–H and O–H groups in total. The van der Waals surface area contributed by atoms with Crippen LogP contribution < -0.4 is 5.32 Å². The molecule has 0 atom stereocenters. The van der Waals surface area contributed by atoms with Gasteiger partial charge in [-0.2, -0.15) is 5.26 Å². The quantitative estimate of drug-likeness (QED) is 0.415. The van der Waals surface area contributed by atoms with Gasteiger partial charge in [0.05, 0.1) is 7.11 Å². The van der Waals surface area contributed by atoms with Gasteiger partial charge in [0.1, 0.15) is 11.9 Å². The van der Waals surface area contributed by atoms with Gasteiger partial charge in [0.15, 0.2) is 5.57 Å². The number of carbonyl (C=O) groups is 1. The van der Waals surface area contributed by atoms with Crippen LogP contribution in [0.1, 0.15) is 13.8 Å². The summed E-state index contributed by atoms with van der Waals surface area (Å²) in [7, 11) is 4.76. The number of hydrogen-bond acceptors (Lipinski definition) is 5. The van der Waals surface area contributed by atoms with Gasteiger partial charge in [-0.15, -0.1) is 0 Å². The minimum absolute atomic E-state index is 0.0174. The van der Waals surface area contributed by atoms with Crippen molar-refractivity contribution in [3.8, 4) is 6.07 Å². The van der Waals surface area contributed by atoms with Crippen molar-refractivity contribution in [2.24, 2.45) is 0 Å². The fourth-order valence-corrected chi connectivity index (χ4v) is 0.996. The number of nitrogens with zero attached hydrogens (tertiary/aromatic N) is 2. The predicted octanol–water partition coefficient (Wildman–Crippen LogP) is 0.454. The minimum Gasteiger partial charge on any atom is -0.465 e. The molecule has 0 rings (SSSR count). The highest BCUT2D eigenvalue weighted by Crippen LogP contribution is 2.06. The van der Waals surface area contributed by atoms with E-state index in [0.29, 0.717) is 5.82 Å². The van der Waals surface area contributed by atoms with Crippen molar-refractivity contribution in [1.29, 1.82) is 5.26 Å². The fraction of sp³-hybridized carbons (Fsp3) is 0.600. The Kier molecular flexibility index (Phi) is 5.24. The molecule has 0 bridgehead atoms. The zero-order valence-electron chi connectivity index (χ0n) is 9.79. The lowest BCUT2D eigenvalue weighted by Gasteiger charge is -2.22. The maximum absolute atomic E-state index is 11.3. The Morgan fingerprint density at radius 3 is 2.27 bits per heavy atom. The third-order valence-electron chi connectivity index (χ3n) is 1.61. The lowest BCUT2D eigenvalue weighted by atomic mass is 10.2. The van der Waals surface area contributed by atoms with Gasteiger partial charge in [-0.05, 0) is 13.8 Å². The molecular formula is C10H17N3O2. The van der Waals surface area contributed by atoms with Crippen LogP contribution in [0, 0.1) is 11.3 Å². The summed E-state index contributed by atoms with van der Waals surface area (Å²) in [5.41, 5.74) is -0.0174. The van der Waals surface area contributed by atoms with Crippen molar-refractivity contribution < 1.29 is 9.53 Å². The van der Waals surface area contributed by atoms with Gasteiger partial charge in [-0.1, -0.05) is 0 Å². The molecule has 0 amide bonds. The number of hydrogen-bond donors (Lipinski definition) is 1. The maximum Gasteiger partial charge on any atom is 0.352 e. The summed E-state index contributed by atoms with van der Waals surface area (Å²) in [6.07, 6.45) is 0. The van der Waals surface area contributed by atoms with Crippen LogP contribution in [0.2, 0.25) is 0 Å². The first-order valence-electron chi connectivity index (χ1n) is 4.60. The highest BCUT2D eigenvalue weighted by atomic mass is 16.5. The first-order chi connectivity index (χ1) is 6.93. The van der Waals surface area contributed by atoms with Crippen molar-refractivity contribution in [2.45, 2.75) is 19.9 Å². The number of nitrogens with one attached hydrogen (secondary N) is 1. The SMILES string of the molecule is COC(=O)/C(C#N)=C(/NC(C)C)N(C)C. The van der Waals surface area contributed by atoms with Crippen LogP contribution in [0.25, 0.3) is 0 Å². The zero-order valence-corrected chi connectivity index (χ0v) is 9.79. The van der Waals surface area contributed by atoms with Crippen LogP contribution in [0.15, 0.2) is 11.4 Å². The molecule has 0 aliphatic carbocycles. The first kappa shape index (κ1) is 13.3. The fourth-order valence-electron chi connectivity index (χ4n) is 0.996. The van der Waals surface area contributed by atoms with Crippen LogP contribution in [0.5, 0.6) is 0 Å². The molecule has 0 radical (unpaired) electrons. The lowest BCUT2D eigenvalue weighted by molar-refractivity contribution is -0.135. The van der Waals surface area contributed by atoms with Crippen molar-refractivity contribution >= 4 is 5.97 Å². The summed E-state index contributed by atoms with van der Waals surface area (Å²) in [5, 5.41) is 11.9. The van der Waals surface area contributed by atoms with Gasteiger partial charge in [0.25, 0.3) is 0 Å². The average molecular weight is 211 g/mol. The summed E-state index contributed by atoms with van der Waals surface area (Å²) in [5.74, 6) is -0.159. The van der Waals surface area contributed by atoms with Gasteiger partial charge in [0, 0.05) is 20.1 Å². The van der Waals surface area contributed by atoms with E-state index in [9.17, 15) is 4.79 Å². The molecule has 0 heterocycles. The van der Waals surface area contributed by atoms with Crippen molar-refractivity contribution in [3.63, 3.8) is 0 Å². The van der Waals surface area contributed by atoms with E-state index in [2.05, 4.69) is 10.1 Å².